The first kappa shape index (κ1) is 27.2. The van der Waals surface area contributed by atoms with E-state index in [4.69, 9.17) is 19.0 Å². The second-order valence-corrected chi connectivity index (χ2v) is 10.5. The zero-order valence-electron chi connectivity index (χ0n) is 22.7. The number of methoxy groups -OCH3 is 1. The molecule has 10 heteroatoms. The van der Waals surface area contributed by atoms with Crippen LogP contribution in [0.3, 0.4) is 0 Å². The van der Waals surface area contributed by atoms with Crippen LogP contribution in [0, 0.1) is 5.82 Å². The van der Waals surface area contributed by atoms with Gasteiger partial charge in [0.05, 0.1) is 32.3 Å². The summed E-state index contributed by atoms with van der Waals surface area (Å²) < 4.78 is 30.3. The standard InChI is InChI=1S/C29H36FN3O6/c1-4-37-23-14-20(15-24(38-5-2)26(23)21-6-8-22(30)9-7-21)17-32-18-28(19-32)16-25(31-39-28)33-12-10-29(35,11-13-33)27(34)36-3/h6-9,14-15,35H,4-5,10-13,16-19H2,1-3H3. The average Bonchev–Trinajstić information content (AvgIpc) is 3.35. The maximum Gasteiger partial charge on any atom is 0.337 e. The van der Waals surface area contributed by atoms with E-state index in [2.05, 4.69) is 15.0 Å². The third-order valence-electron chi connectivity index (χ3n) is 7.63. The van der Waals surface area contributed by atoms with Crippen LogP contribution in [0.25, 0.3) is 11.1 Å². The number of carbonyl (C=O) groups excluding carboxylic acids is 1. The predicted molar refractivity (Wildman–Crippen MR) is 143 cm³/mol. The highest BCUT2D eigenvalue weighted by Crippen LogP contribution is 2.42. The largest absolute Gasteiger partial charge is 0.493 e. The molecule has 1 spiro atoms. The van der Waals surface area contributed by atoms with Crippen molar-refractivity contribution < 1.29 is 33.3 Å². The molecule has 0 aliphatic carbocycles. The van der Waals surface area contributed by atoms with E-state index >= 15 is 0 Å². The first-order valence-corrected chi connectivity index (χ1v) is 13.5. The van der Waals surface area contributed by atoms with Crippen LogP contribution < -0.4 is 9.47 Å². The number of amidine groups is 1. The summed E-state index contributed by atoms with van der Waals surface area (Å²) in [6, 6.07) is 10.4. The molecule has 0 atom stereocenters. The minimum absolute atomic E-state index is 0.290. The van der Waals surface area contributed by atoms with Crippen molar-refractivity contribution in [3.05, 3.63) is 47.8 Å². The van der Waals surface area contributed by atoms with Crippen molar-refractivity contribution in [2.24, 2.45) is 5.16 Å². The quantitative estimate of drug-likeness (QED) is 0.507. The molecule has 0 saturated carbocycles. The number of carbonyl (C=O) groups is 1. The van der Waals surface area contributed by atoms with Crippen LogP contribution >= 0.6 is 0 Å². The smallest absolute Gasteiger partial charge is 0.337 e. The van der Waals surface area contributed by atoms with Crippen LogP contribution in [0.15, 0.2) is 41.6 Å². The van der Waals surface area contributed by atoms with Crippen LogP contribution in [0.4, 0.5) is 4.39 Å². The van der Waals surface area contributed by atoms with Gasteiger partial charge in [0.15, 0.2) is 11.2 Å². The van der Waals surface area contributed by atoms with E-state index in [0.717, 1.165) is 35.6 Å². The maximum absolute atomic E-state index is 13.6. The van der Waals surface area contributed by atoms with Crippen molar-refractivity contribution in [1.29, 1.82) is 0 Å². The van der Waals surface area contributed by atoms with Crippen molar-refractivity contribution in [3.63, 3.8) is 0 Å². The summed E-state index contributed by atoms with van der Waals surface area (Å²) in [4.78, 5) is 22.2. The van der Waals surface area contributed by atoms with Crippen molar-refractivity contribution in [3.8, 4) is 22.6 Å². The first-order chi connectivity index (χ1) is 18.8. The van der Waals surface area contributed by atoms with Gasteiger partial charge in [0.2, 0.25) is 0 Å². The molecule has 1 N–H and O–H groups in total. The molecule has 2 saturated heterocycles. The fourth-order valence-electron chi connectivity index (χ4n) is 5.68. The molecule has 2 fully saturated rings. The Kier molecular flexibility index (Phi) is 7.68. The van der Waals surface area contributed by atoms with Crippen molar-refractivity contribution in [1.82, 2.24) is 9.80 Å². The summed E-state index contributed by atoms with van der Waals surface area (Å²) >= 11 is 0. The third-order valence-corrected chi connectivity index (χ3v) is 7.63. The summed E-state index contributed by atoms with van der Waals surface area (Å²) in [7, 11) is 1.29. The average molecular weight is 542 g/mol. The summed E-state index contributed by atoms with van der Waals surface area (Å²) in [5.74, 6) is 1.41. The van der Waals surface area contributed by atoms with Gasteiger partial charge in [-0.1, -0.05) is 17.3 Å². The van der Waals surface area contributed by atoms with Crippen molar-refractivity contribution in [2.45, 2.75) is 50.9 Å². The van der Waals surface area contributed by atoms with E-state index in [1.54, 1.807) is 12.1 Å². The van der Waals surface area contributed by atoms with Crippen LogP contribution in [0.5, 0.6) is 11.5 Å². The fraction of sp³-hybridized carbons (Fsp3) is 0.517. The number of benzene rings is 2. The Labute approximate surface area is 228 Å². The summed E-state index contributed by atoms with van der Waals surface area (Å²) in [6.45, 7) is 8.07. The van der Waals surface area contributed by atoms with E-state index < -0.39 is 11.6 Å². The highest BCUT2D eigenvalue weighted by molar-refractivity contribution is 5.85. The number of nitrogens with zero attached hydrogens (tertiary/aromatic N) is 3. The van der Waals surface area contributed by atoms with Gasteiger partial charge in [0.1, 0.15) is 23.2 Å². The lowest BCUT2D eigenvalue weighted by molar-refractivity contribution is -0.166. The minimum atomic E-state index is -1.43. The Hall–Kier alpha value is -3.37. The Morgan fingerprint density at radius 1 is 1.08 bits per heavy atom. The zero-order chi connectivity index (χ0) is 27.6. The molecule has 5 rings (SSSR count). The Balaban J connectivity index is 1.23. The number of rotatable bonds is 8. The van der Waals surface area contributed by atoms with Gasteiger partial charge in [0, 0.05) is 45.6 Å². The molecule has 2 aromatic carbocycles. The first-order valence-electron chi connectivity index (χ1n) is 13.5. The highest BCUT2D eigenvalue weighted by atomic mass is 19.1. The molecular formula is C29H36FN3O6. The van der Waals surface area contributed by atoms with Gasteiger partial charge in [0.25, 0.3) is 0 Å². The van der Waals surface area contributed by atoms with E-state index in [0.29, 0.717) is 63.6 Å². The van der Waals surface area contributed by atoms with E-state index in [-0.39, 0.29) is 11.4 Å². The monoisotopic (exact) mass is 541 g/mol. The number of halogens is 1. The molecule has 0 radical (unpaired) electrons. The molecule has 39 heavy (non-hydrogen) atoms. The number of hydrogen-bond acceptors (Lipinski definition) is 9. The van der Waals surface area contributed by atoms with Gasteiger partial charge in [-0.15, -0.1) is 0 Å². The molecule has 0 amide bonds. The summed E-state index contributed by atoms with van der Waals surface area (Å²) in [6.07, 6.45) is 1.30. The number of likely N-dealkylation sites (tertiary alicyclic amines) is 2. The number of oxime groups is 1. The second-order valence-electron chi connectivity index (χ2n) is 10.5. The molecule has 3 heterocycles. The maximum atomic E-state index is 13.6. The Morgan fingerprint density at radius 2 is 1.69 bits per heavy atom. The van der Waals surface area contributed by atoms with Gasteiger partial charge < -0.3 is 29.1 Å². The van der Waals surface area contributed by atoms with Crippen molar-refractivity contribution >= 4 is 11.8 Å². The zero-order valence-corrected chi connectivity index (χ0v) is 22.7. The number of piperidine rings is 1. The lowest BCUT2D eigenvalue weighted by Gasteiger charge is -2.45. The van der Waals surface area contributed by atoms with Crippen LogP contribution in [0.1, 0.15) is 38.7 Å². The van der Waals surface area contributed by atoms with Gasteiger partial charge >= 0.3 is 5.97 Å². The fourth-order valence-corrected chi connectivity index (χ4v) is 5.68. The van der Waals surface area contributed by atoms with Gasteiger partial charge in [-0.3, -0.25) is 4.90 Å². The van der Waals surface area contributed by atoms with Crippen LogP contribution in [-0.4, -0.2) is 84.4 Å². The number of aliphatic hydroxyl groups is 1. The molecule has 0 unspecified atom stereocenters. The number of esters is 1. The van der Waals surface area contributed by atoms with E-state index in [1.165, 1.54) is 19.2 Å². The molecular weight excluding hydrogens is 505 g/mol. The summed E-state index contributed by atoms with van der Waals surface area (Å²) in [5, 5.41) is 14.9. The molecule has 9 nitrogen and oxygen atoms in total. The summed E-state index contributed by atoms with van der Waals surface area (Å²) in [5.41, 5.74) is 0.929. The van der Waals surface area contributed by atoms with E-state index in [9.17, 15) is 14.3 Å². The highest BCUT2D eigenvalue weighted by Gasteiger charge is 2.51. The second kappa shape index (κ2) is 11.0. The molecule has 0 bridgehead atoms. The SMILES string of the molecule is CCOc1cc(CN2CC3(CC(N4CCC(O)(C(=O)OC)CC4)=NO3)C2)cc(OCC)c1-c1ccc(F)cc1. The molecule has 3 aliphatic rings. The van der Waals surface area contributed by atoms with Gasteiger partial charge in [-0.2, -0.15) is 0 Å². The number of ether oxygens (including phenoxy) is 3. The molecule has 210 valence electrons. The normalized spacial score (nSPS) is 19.7. The van der Waals surface area contributed by atoms with Crippen molar-refractivity contribution in [2.75, 3.05) is 46.5 Å². The molecule has 2 aromatic rings. The lowest BCUT2D eigenvalue weighted by atomic mass is 9.88. The topological polar surface area (TPSA) is 93.1 Å². The molecule has 3 aliphatic heterocycles. The van der Waals surface area contributed by atoms with Crippen LogP contribution in [-0.2, 0) is 20.9 Å². The third kappa shape index (κ3) is 5.53. The molecule has 0 aromatic heterocycles. The number of hydrogen-bond donors (Lipinski definition) is 1. The Morgan fingerprint density at radius 3 is 2.26 bits per heavy atom. The van der Waals surface area contributed by atoms with Crippen LogP contribution in [0.2, 0.25) is 0 Å². The lowest BCUT2D eigenvalue weighted by Crippen LogP contribution is -2.61. The minimum Gasteiger partial charge on any atom is -0.493 e. The Bertz CT molecular complexity index is 1190. The predicted octanol–water partition coefficient (Wildman–Crippen LogP) is 3.58. The van der Waals surface area contributed by atoms with Gasteiger partial charge in [-0.05, 0) is 49.2 Å². The van der Waals surface area contributed by atoms with Gasteiger partial charge in [-0.25, -0.2) is 9.18 Å². The van der Waals surface area contributed by atoms with E-state index in [1.807, 2.05) is 26.0 Å².